The minimum atomic E-state index is 0.0424. The van der Waals surface area contributed by atoms with Crippen LogP contribution in [0.2, 0.25) is 0 Å². The van der Waals surface area contributed by atoms with Gasteiger partial charge in [-0.05, 0) is 25.0 Å². The molecule has 5 nitrogen and oxygen atoms in total. The topological polar surface area (TPSA) is 59.0 Å². The number of benzene rings is 1. The summed E-state index contributed by atoms with van der Waals surface area (Å²) in [6, 6.07) is 10.0. The van der Waals surface area contributed by atoms with Crippen molar-refractivity contribution in [1.29, 1.82) is 0 Å². The van der Waals surface area contributed by atoms with E-state index in [4.69, 9.17) is 0 Å². The Morgan fingerprint density at radius 3 is 2.73 bits per heavy atom. The number of rotatable bonds is 8. The van der Waals surface area contributed by atoms with E-state index in [0.29, 0.717) is 13.0 Å². The van der Waals surface area contributed by atoms with E-state index in [1.165, 1.54) is 0 Å². The molecular formula is C17H24N4O. The Morgan fingerprint density at radius 1 is 1.27 bits per heavy atom. The standard InChI is InChI=1S/C17H24N4O/c1-14-12-19-21(13-14)11-10-18-9-8-17(22)20-15(2)16-6-4-3-5-7-16/h3-7,12-13,15,18H,8-11H2,1-2H3,(H,20,22). The van der Waals surface area contributed by atoms with E-state index in [9.17, 15) is 4.79 Å². The molecule has 0 aliphatic rings. The second kappa shape index (κ2) is 8.34. The molecule has 1 atom stereocenters. The lowest BCUT2D eigenvalue weighted by molar-refractivity contribution is -0.121. The zero-order chi connectivity index (χ0) is 15.8. The highest BCUT2D eigenvalue weighted by atomic mass is 16.1. The SMILES string of the molecule is Cc1cnn(CCNCCC(=O)NC(C)c2ccccc2)c1. The van der Waals surface area contributed by atoms with Crippen LogP contribution in [-0.4, -0.2) is 28.8 Å². The molecule has 1 aromatic heterocycles. The first kappa shape index (κ1) is 16.2. The second-order valence-corrected chi connectivity index (χ2v) is 5.48. The minimum absolute atomic E-state index is 0.0424. The van der Waals surface area contributed by atoms with E-state index >= 15 is 0 Å². The third kappa shape index (κ3) is 5.33. The van der Waals surface area contributed by atoms with Gasteiger partial charge in [-0.3, -0.25) is 9.48 Å². The first-order valence-electron chi connectivity index (χ1n) is 7.69. The summed E-state index contributed by atoms with van der Waals surface area (Å²) in [6.07, 6.45) is 4.34. The molecule has 2 N–H and O–H groups in total. The summed E-state index contributed by atoms with van der Waals surface area (Å²) in [7, 11) is 0. The number of nitrogens with one attached hydrogen (secondary N) is 2. The van der Waals surface area contributed by atoms with Gasteiger partial charge in [0.1, 0.15) is 0 Å². The van der Waals surface area contributed by atoms with Gasteiger partial charge in [-0.1, -0.05) is 30.3 Å². The predicted molar refractivity (Wildman–Crippen MR) is 87.5 cm³/mol. The first-order chi connectivity index (χ1) is 10.6. The van der Waals surface area contributed by atoms with Crippen LogP contribution in [0, 0.1) is 6.92 Å². The number of hydrogen-bond acceptors (Lipinski definition) is 3. The fourth-order valence-electron chi connectivity index (χ4n) is 2.25. The van der Waals surface area contributed by atoms with Crippen molar-refractivity contribution in [3.8, 4) is 0 Å². The number of aromatic nitrogens is 2. The van der Waals surface area contributed by atoms with Crippen molar-refractivity contribution in [3.05, 3.63) is 53.9 Å². The van der Waals surface area contributed by atoms with E-state index in [1.807, 2.05) is 61.3 Å². The zero-order valence-corrected chi connectivity index (χ0v) is 13.2. The van der Waals surface area contributed by atoms with E-state index in [1.54, 1.807) is 0 Å². The van der Waals surface area contributed by atoms with Crippen LogP contribution in [0.1, 0.15) is 30.5 Å². The zero-order valence-electron chi connectivity index (χ0n) is 13.2. The van der Waals surface area contributed by atoms with Gasteiger partial charge in [0.25, 0.3) is 0 Å². The normalized spacial score (nSPS) is 12.1. The third-order valence-corrected chi connectivity index (χ3v) is 3.49. The number of carbonyl (C=O) groups is 1. The van der Waals surface area contributed by atoms with Crippen molar-refractivity contribution in [2.45, 2.75) is 32.9 Å². The van der Waals surface area contributed by atoms with E-state index in [0.717, 1.165) is 24.2 Å². The van der Waals surface area contributed by atoms with Crippen molar-refractivity contribution < 1.29 is 4.79 Å². The third-order valence-electron chi connectivity index (χ3n) is 3.49. The average Bonchev–Trinajstić information content (AvgIpc) is 2.93. The van der Waals surface area contributed by atoms with Crippen LogP contribution in [0.4, 0.5) is 0 Å². The van der Waals surface area contributed by atoms with Crippen LogP contribution in [0.3, 0.4) is 0 Å². The van der Waals surface area contributed by atoms with Crippen LogP contribution in [0.15, 0.2) is 42.7 Å². The Kier molecular flexibility index (Phi) is 6.15. The summed E-state index contributed by atoms with van der Waals surface area (Å²) >= 11 is 0. The Labute approximate surface area is 131 Å². The Hall–Kier alpha value is -2.14. The maximum absolute atomic E-state index is 11.9. The molecule has 0 saturated heterocycles. The average molecular weight is 300 g/mol. The molecule has 0 fully saturated rings. The molecule has 0 bridgehead atoms. The quantitative estimate of drug-likeness (QED) is 0.734. The van der Waals surface area contributed by atoms with Gasteiger partial charge in [0.15, 0.2) is 0 Å². The lowest BCUT2D eigenvalue weighted by atomic mass is 10.1. The van der Waals surface area contributed by atoms with Crippen molar-refractivity contribution in [3.63, 3.8) is 0 Å². The van der Waals surface area contributed by atoms with Gasteiger partial charge in [-0.25, -0.2) is 0 Å². The number of amides is 1. The molecule has 0 spiro atoms. The van der Waals surface area contributed by atoms with Gasteiger partial charge in [0, 0.05) is 25.7 Å². The molecule has 22 heavy (non-hydrogen) atoms. The fraction of sp³-hybridized carbons (Fsp3) is 0.412. The molecule has 2 rings (SSSR count). The molecule has 2 aromatic rings. The highest BCUT2D eigenvalue weighted by Crippen LogP contribution is 2.10. The van der Waals surface area contributed by atoms with Crippen LogP contribution < -0.4 is 10.6 Å². The van der Waals surface area contributed by atoms with E-state index < -0.39 is 0 Å². The molecule has 1 unspecified atom stereocenters. The molecule has 1 aromatic carbocycles. The van der Waals surface area contributed by atoms with Gasteiger partial charge >= 0.3 is 0 Å². The van der Waals surface area contributed by atoms with Crippen LogP contribution in [0.5, 0.6) is 0 Å². The molecule has 0 saturated carbocycles. The minimum Gasteiger partial charge on any atom is -0.350 e. The predicted octanol–water partition coefficient (Wildman–Crippen LogP) is 2.05. The molecule has 5 heteroatoms. The molecule has 118 valence electrons. The summed E-state index contributed by atoms with van der Waals surface area (Å²) in [5.74, 6) is 0.0683. The number of nitrogens with zero attached hydrogens (tertiary/aromatic N) is 2. The van der Waals surface area contributed by atoms with E-state index in [2.05, 4.69) is 15.7 Å². The van der Waals surface area contributed by atoms with Crippen LogP contribution in [0.25, 0.3) is 0 Å². The molecule has 1 heterocycles. The van der Waals surface area contributed by atoms with Gasteiger partial charge < -0.3 is 10.6 Å². The molecule has 0 radical (unpaired) electrons. The van der Waals surface area contributed by atoms with Gasteiger partial charge in [0.05, 0.1) is 18.8 Å². The summed E-state index contributed by atoms with van der Waals surface area (Å²) in [5.41, 5.74) is 2.28. The lowest BCUT2D eigenvalue weighted by Crippen LogP contribution is -2.30. The molecule has 0 aliphatic heterocycles. The maximum atomic E-state index is 11.9. The summed E-state index contributed by atoms with van der Waals surface area (Å²) in [6.45, 7) is 6.32. The first-order valence-corrected chi connectivity index (χ1v) is 7.69. The van der Waals surface area contributed by atoms with Gasteiger partial charge in [0.2, 0.25) is 5.91 Å². The Bertz CT molecular complexity index is 579. The van der Waals surface area contributed by atoms with Gasteiger partial charge in [-0.15, -0.1) is 0 Å². The van der Waals surface area contributed by atoms with Crippen molar-refractivity contribution in [2.24, 2.45) is 0 Å². The molecular weight excluding hydrogens is 276 g/mol. The van der Waals surface area contributed by atoms with Gasteiger partial charge in [-0.2, -0.15) is 5.10 Å². The van der Waals surface area contributed by atoms with Crippen molar-refractivity contribution in [2.75, 3.05) is 13.1 Å². The van der Waals surface area contributed by atoms with Crippen molar-refractivity contribution >= 4 is 5.91 Å². The largest absolute Gasteiger partial charge is 0.350 e. The fourth-order valence-corrected chi connectivity index (χ4v) is 2.25. The second-order valence-electron chi connectivity index (χ2n) is 5.48. The van der Waals surface area contributed by atoms with Crippen molar-refractivity contribution in [1.82, 2.24) is 20.4 Å². The number of hydrogen-bond donors (Lipinski definition) is 2. The van der Waals surface area contributed by atoms with Crippen LogP contribution in [-0.2, 0) is 11.3 Å². The highest BCUT2D eigenvalue weighted by Gasteiger charge is 2.08. The number of aryl methyl sites for hydroxylation is 1. The smallest absolute Gasteiger partial charge is 0.221 e. The Balaban J connectivity index is 1.59. The summed E-state index contributed by atoms with van der Waals surface area (Å²) in [5, 5.41) is 10.5. The highest BCUT2D eigenvalue weighted by molar-refractivity contribution is 5.76. The molecule has 0 aliphatic carbocycles. The van der Waals surface area contributed by atoms with Crippen LogP contribution >= 0.6 is 0 Å². The summed E-state index contributed by atoms with van der Waals surface area (Å²) in [4.78, 5) is 11.9. The monoisotopic (exact) mass is 300 g/mol. The lowest BCUT2D eigenvalue weighted by Gasteiger charge is -2.14. The molecule has 1 amide bonds. The maximum Gasteiger partial charge on any atom is 0.221 e. The summed E-state index contributed by atoms with van der Waals surface area (Å²) < 4.78 is 1.90. The van der Waals surface area contributed by atoms with E-state index in [-0.39, 0.29) is 11.9 Å². The number of carbonyl (C=O) groups excluding carboxylic acids is 1. The Morgan fingerprint density at radius 2 is 2.05 bits per heavy atom.